The van der Waals surface area contributed by atoms with Crippen LogP contribution in [0.25, 0.3) is 0 Å². The largest absolute Gasteiger partial charge is 0.369 e. The average Bonchev–Trinajstić information content (AvgIpc) is 2.79. The molecule has 1 saturated heterocycles. The first kappa shape index (κ1) is 25.1. The summed E-state index contributed by atoms with van der Waals surface area (Å²) in [6.07, 6.45) is 2.05. The molecule has 0 aromatic heterocycles. The third-order valence-corrected chi connectivity index (χ3v) is 6.66. The van der Waals surface area contributed by atoms with Crippen LogP contribution in [0.4, 0.5) is 11.4 Å². The standard InChI is InChI=1S/C26H36N4O2S/c1-21-7-5-9-23(17-21)28-26(32)20-33-19-25(31)27-11-3-4-12-29-13-15-30(16-14-29)24-10-6-8-22(2)18-24/h5-10,17-18H,3-4,11-16,19-20H2,1-2H3,(H,27,31)(H,28,32). The fourth-order valence-corrected chi connectivity index (χ4v) is 4.60. The van der Waals surface area contributed by atoms with E-state index < -0.39 is 0 Å². The van der Waals surface area contributed by atoms with Gasteiger partial charge in [0.25, 0.3) is 0 Å². The number of thioether (sulfide) groups is 1. The van der Waals surface area contributed by atoms with Gasteiger partial charge in [-0.25, -0.2) is 0 Å². The van der Waals surface area contributed by atoms with Crippen LogP contribution in [0.2, 0.25) is 0 Å². The van der Waals surface area contributed by atoms with Gasteiger partial charge in [0.2, 0.25) is 11.8 Å². The van der Waals surface area contributed by atoms with Crippen LogP contribution in [0.5, 0.6) is 0 Å². The molecule has 0 bridgehead atoms. The van der Waals surface area contributed by atoms with Gasteiger partial charge >= 0.3 is 0 Å². The molecule has 7 heteroatoms. The number of aryl methyl sites for hydroxylation is 2. The fraction of sp³-hybridized carbons (Fsp3) is 0.462. The zero-order valence-electron chi connectivity index (χ0n) is 19.8. The summed E-state index contributed by atoms with van der Waals surface area (Å²) < 4.78 is 0. The Morgan fingerprint density at radius 2 is 1.58 bits per heavy atom. The number of amides is 2. The number of nitrogens with zero attached hydrogens (tertiary/aromatic N) is 2. The number of hydrogen-bond acceptors (Lipinski definition) is 5. The third-order valence-electron chi connectivity index (χ3n) is 5.73. The van der Waals surface area contributed by atoms with Crippen LogP contribution in [0.15, 0.2) is 48.5 Å². The zero-order valence-corrected chi connectivity index (χ0v) is 20.6. The van der Waals surface area contributed by atoms with E-state index in [0.29, 0.717) is 12.3 Å². The van der Waals surface area contributed by atoms with E-state index in [1.165, 1.54) is 23.0 Å². The van der Waals surface area contributed by atoms with Gasteiger partial charge in [0, 0.05) is 44.1 Å². The Labute approximate surface area is 202 Å². The van der Waals surface area contributed by atoms with Crippen molar-refractivity contribution in [1.82, 2.24) is 10.2 Å². The third kappa shape index (κ3) is 9.10. The first-order valence-corrected chi connectivity index (χ1v) is 12.9. The molecule has 1 heterocycles. The maximum absolute atomic E-state index is 12.0. The summed E-state index contributed by atoms with van der Waals surface area (Å²) in [7, 11) is 0. The molecule has 1 aliphatic heterocycles. The Hall–Kier alpha value is -2.51. The molecular weight excluding hydrogens is 432 g/mol. The van der Waals surface area contributed by atoms with Crippen molar-refractivity contribution in [3.63, 3.8) is 0 Å². The Bertz CT molecular complexity index is 913. The molecule has 1 aliphatic rings. The van der Waals surface area contributed by atoms with Crippen LogP contribution >= 0.6 is 11.8 Å². The maximum atomic E-state index is 12.0. The lowest BCUT2D eigenvalue weighted by Crippen LogP contribution is -2.46. The normalized spacial score (nSPS) is 14.2. The minimum atomic E-state index is -0.0825. The second kappa shape index (κ2) is 13.3. The Morgan fingerprint density at radius 3 is 2.30 bits per heavy atom. The lowest BCUT2D eigenvalue weighted by atomic mass is 10.2. The van der Waals surface area contributed by atoms with Gasteiger partial charge in [-0.15, -0.1) is 11.8 Å². The van der Waals surface area contributed by atoms with Crippen LogP contribution in [0, 0.1) is 13.8 Å². The molecule has 0 saturated carbocycles. The molecule has 1 fully saturated rings. The molecule has 2 aromatic rings. The number of carbonyl (C=O) groups is 2. The van der Waals surface area contributed by atoms with Crippen molar-refractivity contribution in [2.45, 2.75) is 26.7 Å². The first-order valence-electron chi connectivity index (χ1n) is 11.7. The minimum Gasteiger partial charge on any atom is -0.369 e. The Balaban J connectivity index is 1.19. The van der Waals surface area contributed by atoms with Crippen molar-refractivity contribution in [2.24, 2.45) is 0 Å². The molecule has 0 radical (unpaired) electrons. The summed E-state index contributed by atoms with van der Waals surface area (Å²) in [6, 6.07) is 16.4. The van der Waals surface area contributed by atoms with Crippen LogP contribution in [-0.2, 0) is 9.59 Å². The molecular formula is C26H36N4O2S. The van der Waals surface area contributed by atoms with E-state index in [4.69, 9.17) is 0 Å². The summed E-state index contributed by atoms with van der Waals surface area (Å²) in [5.74, 6) is 0.494. The number of hydrogen-bond donors (Lipinski definition) is 2. The number of unbranched alkanes of at least 4 members (excludes halogenated alkanes) is 1. The van der Waals surface area contributed by atoms with Crippen molar-refractivity contribution < 1.29 is 9.59 Å². The van der Waals surface area contributed by atoms with Gasteiger partial charge in [0.15, 0.2) is 0 Å². The highest BCUT2D eigenvalue weighted by molar-refractivity contribution is 8.00. The summed E-state index contributed by atoms with van der Waals surface area (Å²) >= 11 is 1.34. The monoisotopic (exact) mass is 468 g/mol. The van der Waals surface area contributed by atoms with Crippen LogP contribution in [0.1, 0.15) is 24.0 Å². The number of nitrogens with one attached hydrogen (secondary N) is 2. The number of rotatable bonds is 11. The van der Waals surface area contributed by atoms with Crippen molar-refractivity contribution in [2.75, 3.05) is 61.0 Å². The van der Waals surface area contributed by atoms with E-state index in [1.54, 1.807) is 0 Å². The molecule has 6 nitrogen and oxygen atoms in total. The number of carbonyl (C=O) groups excluding carboxylic acids is 2. The Kier molecular flexibility index (Phi) is 10.1. The highest BCUT2D eigenvalue weighted by atomic mass is 32.2. The van der Waals surface area contributed by atoms with E-state index in [-0.39, 0.29) is 17.6 Å². The first-order chi connectivity index (χ1) is 16.0. The second-order valence-corrected chi connectivity index (χ2v) is 9.62. The number of benzene rings is 2. The molecule has 33 heavy (non-hydrogen) atoms. The smallest absolute Gasteiger partial charge is 0.234 e. The van der Waals surface area contributed by atoms with Gasteiger partial charge in [0.1, 0.15) is 0 Å². The van der Waals surface area contributed by atoms with Crippen molar-refractivity contribution in [3.8, 4) is 0 Å². The summed E-state index contributed by atoms with van der Waals surface area (Å²) in [5, 5.41) is 5.83. The van der Waals surface area contributed by atoms with Crippen molar-refractivity contribution in [3.05, 3.63) is 59.7 Å². The SMILES string of the molecule is Cc1cccc(NC(=O)CSCC(=O)NCCCCN2CCN(c3cccc(C)c3)CC2)c1. The van der Waals surface area contributed by atoms with Gasteiger partial charge in [-0.1, -0.05) is 24.3 Å². The summed E-state index contributed by atoms with van der Waals surface area (Å²) in [6.45, 7) is 10.2. The molecule has 2 amide bonds. The molecule has 0 spiro atoms. The highest BCUT2D eigenvalue weighted by Crippen LogP contribution is 2.18. The van der Waals surface area contributed by atoms with E-state index in [2.05, 4.69) is 51.6 Å². The van der Waals surface area contributed by atoms with Crippen LogP contribution < -0.4 is 15.5 Å². The highest BCUT2D eigenvalue weighted by Gasteiger charge is 2.16. The summed E-state index contributed by atoms with van der Waals surface area (Å²) in [4.78, 5) is 29.0. The molecule has 178 valence electrons. The fourth-order valence-electron chi connectivity index (χ4n) is 3.95. The minimum absolute atomic E-state index is 0.00451. The van der Waals surface area contributed by atoms with Gasteiger partial charge in [-0.05, 0) is 68.6 Å². The van der Waals surface area contributed by atoms with Gasteiger partial charge in [-0.2, -0.15) is 0 Å². The van der Waals surface area contributed by atoms with Crippen molar-refractivity contribution >= 4 is 35.0 Å². The lowest BCUT2D eigenvalue weighted by molar-refractivity contribution is -0.118. The molecule has 2 aromatic carbocycles. The van der Waals surface area contributed by atoms with Gasteiger partial charge < -0.3 is 15.5 Å². The molecule has 0 aliphatic carbocycles. The van der Waals surface area contributed by atoms with E-state index in [0.717, 1.165) is 56.8 Å². The number of piperazine rings is 1. The average molecular weight is 469 g/mol. The van der Waals surface area contributed by atoms with E-state index in [1.807, 2.05) is 31.2 Å². The molecule has 3 rings (SSSR count). The topological polar surface area (TPSA) is 64.7 Å². The predicted octanol–water partition coefficient (Wildman–Crippen LogP) is 3.69. The van der Waals surface area contributed by atoms with E-state index in [9.17, 15) is 9.59 Å². The van der Waals surface area contributed by atoms with E-state index >= 15 is 0 Å². The Morgan fingerprint density at radius 1 is 0.879 bits per heavy atom. The number of anilines is 2. The predicted molar refractivity (Wildman–Crippen MR) is 139 cm³/mol. The lowest BCUT2D eigenvalue weighted by Gasteiger charge is -2.36. The molecule has 0 unspecified atom stereocenters. The quantitative estimate of drug-likeness (QED) is 0.493. The zero-order chi connectivity index (χ0) is 23.5. The van der Waals surface area contributed by atoms with Crippen LogP contribution in [0.3, 0.4) is 0 Å². The van der Waals surface area contributed by atoms with Crippen LogP contribution in [-0.4, -0.2) is 67.5 Å². The second-order valence-electron chi connectivity index (χ2n) is 8.64. The van der Waals surface area contributed by atoms with Gasteiger partial charge in [0.05, 0.1) is 11.5 Å². The van der Waals surface area contributed by atoms with Gasteiger partial charge in [-0.3, -0.25) is 14.5 Å². The maximum Gasteiger partial charge on any atom is 0.234 e. The summed E-state index contributed by atoms with van der Waals surface area (Å²) in [5.41, 5.74) is 4.52. The van der Waals surface area contributed by atoms with Crippen molar-refractivity contribution in [1.29, 1.82) is 0 Å². The molecule has 2 N–H and O–H groups in total. The molecule has 0 atom stereocenters.